The molecular formula is C10H14Br2N2. The highest BCUT2D eigenvalue weighted by atomic mass is 79.9. The lowest BCUT2D eigenvalue weighted by Gasteiger charge is -2.23. The van der Waals surface area contributed by atoms with E-state index in [0.717, 1.165) is 10.2 Å². The molecule has 0 fully saturated rings. The van der Waals surface area contributed by atoms with E-state index in [2.05, 4.69) is 62.6 Å². The molecule has 78 valence electrons. The molecule has 2 unspecified atom stereocenters. The molecule has 0 aliphatic heterocycles. The quantitative estimate of drug-likeness (QED) is 0.792. The molecule has 0 aliphatic rings. The van der Waals surface area contributed by atoms with Crippen molar-refractivity contribution >= 4 is 31.9 Å². The van der Waals surface area contributed by atoms with Crippen LogP contribution in [0.15, 0.2) is 17.0 Å². The fraction of sp³-hybridized carbons (Fsp3) is 0.600. The van der Waals surface area contributed by atoms with Crippen LogP contribution in [-0.4, -0.2) is 14.8 Å². The predicted molar refractivity (Wildman–Crippen MR) is 65.7 cm³/mol. The minimum atomic E-state index is 0.410. The highest BCUT2D eigenvalue weighted by Gasteiger charge is 2.24. The van der Waals surface area contributed by atoms with Crippen LogP contribution in [0.1, 0.15) is 32.4 Å². The molecule has 0 spiro atoms. The molecule has 1 aromatic rings. The maximum atomic E-state index is 4.33. The van der Waals surface area contributed by atoms with Gasteiger partial charge in [-0.15, -0.1) is 0 Å². The number of halogens is 2. The van der Waals surface area contributed by atoms with Crippen molar-refractivity contribution in [3.05, 3.63) is 22.7 Å². The summed E-state index contributed by atoms with van der Waals surface area (Å²) in [7, 11) is 0. The molecular weight excluding hydrogens is 308 g/mol. The summed E-state index contributed by atoms with van der Waals surface area (Å²) in [4.78, 5) is 8.72. The minimum absolute atomic E-state index is 0.410. The van der Waals surface area contributed by atoms with E-state index in [1.165, 1.54) is 0 Å². The van der Waals surface area contributed by atoms with Crippen LogP contribution in [0, 0.1) is 5.92 Å². The molecule has 4 heteroatoms. The molecule has 0 aliphatic carbocycles. The van der Waals surface area contributed by atoms with E-state index >= 15 is 0 Å². The van der Waals surface area contributed by atoms with E-state index in [1.54, 1.807) is 12.5 Å². The van der Waals surface area contributed by atoms with Gasteiger partial charge in [0.25, 0.3) is 0 Å². The van der Waals surface area contributed by atoms with Crippen LogP contribution in [0.3, 0.4) is 0 Å². The summed E-state index contributed by atoms with van der Waals surface area (Å²) in [5.41, 5.74) is 1.08. The van der Waals surface area contributed by atoms with Crippen LogP contribution >= 0.6 is 31.9 Å². The largest absolute Gasteiger partial charge is 0.244 e. The molecule has 0 radical (unpaired) electrons. The van der Waals surface area contributed by atoms with Crippen molar-refractivity contribution in [3.8, 4) is 0 Å². The fourth-order valence-corrected chi connectivity index (χ4v) is 2.98. The zero-order valence-corrected chi connectivity index (χ0v) is 11.7. The van der Waals surface area contributed by atoms with Gasteiger partial charge in [-0.25, -0.2) is 9.97 Å². The van der Waals surface area contributed by atoms with Crippen molar-refractivity contribution in [2.45, 2.75) is 31.5 Å². The van der Waals surface area contributed by atoms with Gasteiger partial charge >= 0.3 is 0 Å². The number of rotatable bonds is 3. The van der Waals surface area contributed by atoms with Gasteiger partial charge in [-0.2, -0.15) is 0 Å². The summed E-state index contributed by atoms with van der Waals surface area (Å²) in [6, 6.07) is 0. The highest BCUT2D eigenvalue weighted by molar-refractivity contribution is 9.10. The van der Waals surface area contributed by atoms with Gasteiger partial charge in [-0.1, -0.05) is 36.7 Å². The number of nitrogens with zero attached hydrogens (tertiary/aromatic N) is 2. The molecule has 0 bridgehead atoms. The van der Waals surface area contributed by atoms with E-state index in [4.69, 9.17) is 0 Å². The first-order valence-corrected chi connectivity index (χ1v) is 6.34. The van der Waals surface area contributed by atoms with Gasteiger partial charge in [-0.05, 0) is 21.8 Å². The van der Waals surface area contributed by atoms with Gasteiger partial charge in [0, 0.05) is 16.9 Å². The topological polar surface area (TPSA) is 25.8 Å². The minimum Gasteiger partial charge on any atom is -0.244 e. The molecule has 1 aromatic heterocycles. The number of hydrogen-bond donors (Lipinski definition) is 0. The van der Waals surface area contributed by atoms with Gasteiger partial charge in [0.05, 0.1) is 10.2 Å². The SMILES string of the molecule is CC(C)C(c1ncncc1Br)C(C)Br. The summed E-state index contributed by atoms with van der Waals surface area (Å²) in [5, 5.41) is 0. The average molecular weight is 322 g/mol. The van der Waals surface area contributed by atoms with Crippen LogP contribution in [0.4, 0.5) is 0 Å². The van der Waals surface area contributed by atoms with E-state index in [9.17, 15) is 0 Å². The van der Waals surface area contributed by atoms with Crippen molar-refractivity contribution in [3.63, 3.8) is 0 Å². The fourth-order valence-electron chi connectivity index (χ4n) is 1.63. The Hall–Kier alpha value is 0.0400. The molecule has 2 nitrogen and oxygen atoms in total. The Balaban J connectivity index is 3.05. The van der Waals surface area contributed by atoms with Crippen LogP contribution < -0.4 is 0 Å². The first-order valence-electron chi connectivity index (χ1n) is 4.63. The van der Waals surface area contributed by atoms with Gasteiger partial charge in [-0.3, -0.25) is 0 Å². The Bertz CT molecular complexity index is 292. The standard InChI is InChI=1S/C10H14Br2N2/c1-6(2)9(7(3)11)10-8(12)4-13-5-14-10/h4-7,9H,1-3H3. The highest BCUT2D eigenvalue weighted by Crippen LogP contribution is 2.34. The first-order chi connectivity index (χ1) is 6.54. The van der Waals surface area contributed by atoms with E-state index in [-0.39, 0.29) is 0 Å². The lowest BCUT2D eigenvalue weighted by molar-refractivity contribution is 0.485. The third kappa shape index (κ3) is 2.76. The zero-order chi connectivity index (χ0) is 10.7. The third-order valence-electron chi connectivity index (χ3n) is 2.22. The van der Waals surface area contributed by atoms with Gasteiger partial charge in [0.1, 0.15) is 6.33 Å². The van der Waals surface area contributed by atoms with Crippen LogP contribution in [0.2, 0.25) is 0 Å². The normalized spacial score (nSPS) is 15.6. The summed E-state index contributed by atoms with van der Waals surface area (Å²) in [6.07, 6.45) is 3.40. The molecule has 14 heavy (non-hydrogen) atoms. The third-order valence-corrected chi connectivity index (χ3v) is 3.41. The maximum absolute atomic E-state index is 4.33. The molecule has 1 heterocycles. The van der Waals surface area contributed by atoms with E-state index in [0.29, 0.717) is 16.7 Å². The Morgan fingerprint density at radius 1 is 1.29 bits per heavy atom. The average Bonchev–Trinajstić information content (AvgIpc) is 2.07. The van der Waals surface area contributed by atoms with Crippen LogP contribution in [0.5, 0.6) is 0 Å². The Kier molecular flexibility index (Phi) is 4.51. The maximum Gasteiger partial charge on any atom is 0.115 e. The summed E-state index contributed by atoms with van der Waals surface area (Å²) in [6.45, 7) is 6.56. The smallest absolute Gasteiger partial charge is 0.115 e. The van der Waals surface area contributed by atoms with Crippen molar-refractivity contribution in [1.29, 1.82) is 0 Å². The summed E-state index contributed by atoms with van der Waals surface area (Å²) >= 11 is 7.12. The lowest BCUT2D eigenvalue weighted by atomic mass is 9.90. The van der Waals surface area contributed by atoms with Gasteiger partial charge in [0.15, 0.2) is 0 Å². The molecule has 0 saturated carbocycles. The van der Waals surface area contributed by atoms with Gasteiger partial charge < -0.3 is 0 Å². The second kappa shape index (κ2) is 5.21. The van der Waals surface area contributed by atoms with E-state index < -0.39 is 0 Å². The van der Waals surface area contributed by atoms with Crippen molar-refractivity contribution in [2.75, 3.05) is 0 Å². The van der Waals surface area contributed by atoms with Crippen molar-refractivity contribution in [1.82, 2.24) is 9.97 Å². The lowest BCUT2D eigenvalue weighted by Crippen LogP contribution is -2.17. The Morgan fingerprint density at radius 3 is 2.36 bits per heavy atom. The molecule has 1 rings (SSSR count). The molecule has 2 atom stereocenters. The second-order valence-electron chi connectivity index (χ2n) is 3.70. The number of aromatic nitrogens is 2. The second-order valence-corrected chi connectivity index (χ2v) is 6.00. The van der Waals surface area contributed by atoms with Crippen molar-refractivity contribution in [2.24, 2.45) is 5.92 Å². The molecule has 0 saturated heterocycles. The van der Waals surface area contributed by atoms with Crippen LogP contribution in [0.25, 0.3) is 0 Å². The molecule has 0 amide bonds. The number of hydrogen-bond acceptors (Lipinski definition) is 2. The zero-order valence-electron chi connectivity index (χ0n) is 8.54. The molecule has 0 aromatic carbocycles. The Labute approximate surface area is 102 Å². The first kappa shape index (κ1) is 12.1. The van der Waals surface area contributed by atoms with E-state index in [1.807, 2.05) is 0 Å². The summed E-state index contributed by atoms with van der Waals surface area (Å²) < 4.78 is 0.991. The van der Waals surface area contributed by atoms with Gasteiger partial charge in [0.2, 0.25) is 0 Å². The number of alkyl halides is 1. The Morgan fingerprint density at radius 2 is 1.93 bits per heavy atom. The van der Waals surface area contributed by atoms with Crippen molar-refractivity contribution < 1.29 is 0 Å². The summed E-state index contributed by atoms with van der Waals surface area (Å²) in [5.74, 6) is 0.961. The molecule has 0 N–H and O–H groups in total. The van der Waals surface area contributed by atoms with Crippen LogP contribution in [-0.2, 0) is 0 Å². The predicted octanol–water partition coefficient (Wildman–Crippen LogP) is 3.76. The monoisotopic (exact) mass is 320 g/mol.